The van der Waals surface area contributed by atoms with Gasteiger partial charge in [0, 0.05) is 23.0 Å². The summed E-state index contributed by atoms with van der Waals surface area (Å²) in [5.74, 6) is 2.72. The molecule has 0 bridgehead atoms. The van der Waals surface area contributed by atoms with E-state index in [1.807, 2.05) is 29.4 Å². The molecule has 5 nitrogen and oxygen atoms in total. The smallest absolute Gasteiger partial charge is 0.230 e. The summed E-state index contributed by atoms with van der Waals surface area (Å²) < 4.78 is 8.97. The van der Waals surface area contributed by atoms with E-state index >= 15 is 0 Å². The Morgan fingerprint density at radius 1 is 1.19 bits per heavy atom. The summed E-state index contributed by atoms with van der Waals surface area (Å²) in [7, 11) is 0. The second-order valence-corrected chi connectivity index (χ2v) is 9.36. The molecule has 0 radical (unpaired) electrons. The van der Waals surface area contributed by atoms with E-state index in [1.54, 1.807) is 0 Å². The number of thioether (sulfide) groups is 1. The lowest BCUT2D eigenvalue weighted by Crippen LogP contribution is -2.03. The Morgan fingerprint density at radius 2 is 2.07 bits per heavy atom. The van der Waals surface area contributed by atoms with Crippen LogP contribution in [0.2, 0.25) is 0 Å². The third kappa shape index (κ3) is 2.73. The summed E-state index contributed by atoms with van der Waals surface area (Å²) in [6.45, 7) is 0. The van der Waals surface area contributed by atoms with Crippen LogP contribution in [0.3, 0.4) is 0 Å². The van der Waals surface area contributed by atoms with Gasteiger partial charge in [-0.1, -0.05) is 35.5 Å². The molecule has 1 fully saturated rings. The predicted octanol–water partition coefficient (Wildman–Crippen LogP) is 5.06. The Labute approximate surface area is 164 Å². The number of nitrogens with zero attached hydrogens (tertiary/aromatic N) is 4. The minimum absolute atomic E-state index is 0.461. The van der Waals surface area contributed by atoms with E-state index < -0.39 is 0 Å². The minimum atomic E-state index is 0.461. The highest BCUT2D eigenvalue weighted by molar-refractivity contribution is 8.00. The Balaban J connectivity index is 1.35. The SMILES string of the molecule is c1ccc(Cc2cc3c(s2)SCc2c(-c4noc(C5CC5)n4)ncn2-3)cc1. The highest BCUT2D eigenvalue weighted by atomic mass is 32.2. The van der Waals surface area contributed by atoms with Gasteiger partial charge in [0.2, 0.25) is 11.7 Å². The number of hydrogen-bond donors (Lipinski definition) is 0. The Hall–Kier alpha value is -2.38. The van der Waals surface area contributed by atoms with E-state index in [0.29, 0.717) is 11.7 Å². The fraction of sp³-hybridized carbons (Fsp3) is 0.250. The highest BCUT2D eigenvalue weighted by Gasteiger charge is 2.31. The summed E-state index contributed by atoms with van der Waals surface area (Å²) >= 11 is 3.75. The van der Waals surface area contributed by atoms with Gasteiger partial charge in [-0.15, -0.1) is 23.1 Å². The van der Waals surface area contributed by atoms with E-state index in [2.05, 4.69) is 56.1 Å². The lowest BCUT2D eigenvalue weighted by Gasteiger charge is -2.14. The van der Waals surface area contributed by atoms with Gasteiger partial charge in [0.05, 0.1) is 15.6 Å². The van der Waals surface area contributed by atoms with Gasteiger partial charge in [0.25, 0.3) is 0 Å². The molecule has 2 aliphatic rings. The van der Waals surface area contributed by atoms with E-state index in [4.69, 9.17) is 4.52 Å². The van der Waals surface area contributed by atoms with E-state index in [1.165, 1.54) is 20.3 Å². The normalized spacial score (nSPS) is 15.6. The molecule has 0 N–H and O–H groups in total. The van der Waals surface area contributed by atoms with Crippen LogP contribution in [0.1, 0.15) is 40.8 Å². The number of hydrogen-bond acceptors (Lipinski definition) is 6. The average Bonchev–Trinajstić information content (AvgIpc) is 3.10. The van der Waals surface area contributed by atoms with Crippen molar-refractivity contribution in [1.29, 1.82) is 0 Å². The van der Waals surface area contributed by atoms with Crippen LogP contribution in [0, 0.1) is 0 Å². The fourth-order valence-corrected chi connectivity index (χ4v) is 5.93. The standard InChI is InChI=1S/C20H16N4OS2/c1-2-4-12(5-3-1)8-14-9-15-20(27-14)26-10-16-17(21-11-24(15)16)18-22-19(25-23-18)13-6-7-13/h1-5,9,11,13H,6-8,10H2. The number of fused-ring (bicyclic) bond motifs is 3. The van der Waals surface area contributed by atoms with Gasteiger partial charge in [-0.3, -0.25) is 4.57 Å². The van der Waals surface area contributed by atoms with E-state index in [9.17, 15) is 0 Å². The average molecular weight is 393 g/mol. The third-order valence-electron chi connectivity index (χ3n) is 5.00. The molecule has 1 aliphatic heterocycles. The molecular weight excluding hydrogens is 376 g/mol. The highest BCUT2D eigenvalue weighted by Crippen LogP contribution is 2.44. The van der Waals surface area contributed by atoms with Crippen LogP contribution in [-0.2, 0) is 12.2 Å². The predicted molar refractivity (Wildman–Crippen MR) is 106 cm³/mol. The fourth-order valence-electron chi connectivity index (χ4n) is 3.44. The summed E-state index contributed by atoms with van der Waals surface area (Å²) in [5, 5.41) is 4.18. The second kappa shape index (κ2) is 6.07. The van der Waals surface area contributed by atoms with Gasteiger partial charge in [-0.05, 0) is 24.5 Å². The Morgan fingerprint density at radius 3 is 2.93 bits per heavy atom. The van der Waals surface area contributed by atoms with Crippen molar-refractivity contribution in [2.45, 2.75) is 35.1 Å². The molecule has 0 saturated heterocycles. The number of imidazole rings is 1. The van der Waals surface area contributed by atoms with Crippen LogP contribution in [0.4, 0.5) is 0 Å². The number of aromatic nitrogens is 4. The molecule has 4 heterocycles. The molecular formula is C20H16N4OS2. The van der Waals surface area contributed by atoms with Gasteiger partial charge in [-0.25, -0.2) is 4.98 Å². The zero-order chi connectivity index (χ0) is 17.8. The van der Waals surface area contributed by atoms with E-state index in [0.717, 1.165) is 42.3 Å². The van der Waals surface area contributed by atoms with E-state index in [-0.39, 0.29) is 0 Å². The molecule has 0 spiro atoms. The summed E-state index contributed by atoms with van der Waals surface area (Å²) in [5.41, 5.74) is 4.56. The molecule has 0 atom stereocenters. The molecule has 4 aromatic rings. The summed E-state index contributed by atoms with van der Waals surface area (Å²) in [4.78, 5) is 10.6. The maximum Gasteiger partial charge on any atom is 0.230 e. The first-order valence-electron chi connectivity index (χ1n) is 9.05. The van der Waals surface area contributed by atoms with Crippen molar-refractivity contribution in [3.05, 3.63) is 64.8 Å². The van der Waals surface area contributed by atoms with Crippen LogP contribution in [0.25, 0.3) is 17.2 Å². The number of rotatable bonds is 4. The van der Waals surface area contributed by atoms with Crippen LogP contribution in [-0.4, -0.2) is 19.7 Å². The summed E-state index contributed by atoms with van der Waals surface area (Å²) in [6.07, 6.45) is 5.17. The Bertz CT molecular complexity index is 1120. The van der Waals surface area contributed by atoms with Gasteiger partial charge in [0.1, 0.15) is 12.0 Å². The van der Waals surface area contributed by atoms with Gasteiger partial charge in [0.15, 0.2) is 0 Å². The third-order valence-corrected chi connectivity index (χ3v) is 7.41. The van der Waals surface area contributed by atoms with Crippen molar-refractivity contribution in [3.8, 4) is 17.2 Å². The quantitative estimate of drug-likeness (QED) is 0.486. The van der Waals surface area contributed by atoms with Gasteiger partial charge < -0.3 is 4.52 Å². The maximum absolute atomic E-state index is 5.43. The molecule has 6 rings (SSSR count). The first-order valence-corrected chi connectivity index (χ1v) is 10.9. The zero-order valence-electron chi connectivity index (χ0n) is 14.5. The van der Waals surface area contributed by atoms with Crippen molar-refractivity contribution in [2.24, 2.45) is 0 Å². The van der Waals surface area contributed by atoms with Crippen molar-refractivity contribution < 1.29 is 4.52 Å². The number of thiophene rings is 1. The topological polar surface area (TPSA) is 56.7 Å². The summed E-state index contributed by atoms with van der Waals surface area (Å²) in [6, 6.07) is 12.9. The maximum atomic E-state index is 5.43. The van der Waals surface area contributed by atoms with Crippen LogP contribution in [0.15, 0.2) is 51.5 Å². The van der Waals surface area contributed by atoms with Crippen molar-refractivity contribution >= 4 is 23.1 Å². The van der Waals surface area contributed by atoms with Crippen molar-refractivity contribution in [3.63, 3.8) is 0 Å². The first kappa shape index (κ1) is 15.7. The van der Waals surface area contributed by atoms with Crippen molar-refractivity contribution in [2.75, 3.05) is 0 Å². The second-order valence-electron chi connectivity index (χ2n) is 6.98. The molecule has 3 aromatic heterocycles. The molecule has 1 saturated carbocycles. The molecule has 134 valence electrons. The van der Waals surface area contributed by atoms with Crippen LogP contribution in [0.5, 0.6) is 0 Å². The lowest BCUT2D eigenvalue weighted by atomic mass is 10.1. The number of benzene rings is 1. The van der Waals surface area contributed by atoms with Crippen molar-refractivity contribution in [1.82, 2.24) is 19.7 Å². The molecule has 1 aliphatic carbocycles. The molecule has 0 unspecified atom stereocenters. The molecule has 0 amide bonds. The molecule has 27 heavy (non-hydrogen) atoms. The van der Waals surface area contributed by atoms with Crippen LogP contribution < -0.4 is 0 Å². The lowest BCUT2D eigenvalue weighted by molar-refractivity contribution is 0.380. The van der Waals surface area contributed by atoms with Gasteiger partial charge in [-0.2, -0.15) is 4.98 Å². The molecule has 7 heteroatoms. The first-order chi connectivity index (χ1) is 13.3. The molecule has 1 aromatic carbocycles. The monoisotopic (exact) mass is 392 g/mol. The van der Waals surface area contributed by atoms with Crippen LogP contribution >= 0.6 is 23.1 Å². The zero-order valence-corrected chi connectivity index (χ0v) is 16.1. The largest absolute Gasteiger partial charge is 0.339 e. The Kier molecular flexibility index (Phi) is 3.52. The van der Waals surface area contributed by atoms with Gasteiger partial charge >= 0.3 is 0 Å². The minimum Gasteiger partial charge on any atom is -0.339 e.